The van der Waals surface area contributed by atoms with Gasteiger partial charge in [0, 0.05) is 5.56 Å². The van der Waals surface area contributed by atoms with Gasteiger partial charge in [0.2, 0.25) is 0 Å². The number of aryl methyl sites for hydroxylation is 4. The zero-order valence-corrected chi connectivity index (χ0v) is 20.3. The SMILES string of the molecule is Cc1ccc(C(=O)N[C@@H](C)c2ccc3c(c2)CCC3)cc1S(=O)(=O)Nc1cccc(C)c1C. The van der Waals surface area contributed by atoms with Gasteiger partial charge in [-0.1, -0.05) is 36.4 Å². The summed E-state index contributed by atoms with van der Waals surface area (Å²) in [7, 11) is -3.86. The molecular weight excluding hydrogens is 432 g/mol. The Morgan fingerprint density at radius 1 is 0.909 bits per heavy atom. The molecule has 1 aliphatic carbocycles. The summed E-state index contributed by atoms with van der Waals surface area (Å²) in [4.78, 5) is 13.1. The Morgan fingerprint density at radius 2 is 1.67 bits per heavy atom. The largest absolute Gasteiger partial charge is 0.346 e. The second-order valence-corrected chi connectivity index (χ2v) is 10.6. The van der Waals surface area contributed by atoms with Gasteiger partial charge in [0.15, 0.2) is 0 Å². The van der Waals surface area contributed by atoms with E-state index in [1.807, 2.05) is 32.9 Å². The van der Waals surface area contributed by atoms with E-state index in [2.05, 4.69) is 28.2 Å². The molecule has 172 valence electrons. The first-order valence-electron chi connectivity index (χ1n) is 11.3. The molecule has 0 radical (unpaired) electrons. The number of carbonyl (C=O) groups excluding carboxylic acids is 1. The molecule has 1 atom stereocenters. The Balaban J connectivity index is 1.56. The second-order valence-electron chi connectivity index (χ2n) is 8.91. The van der Waals surface area contributed by atoms with Crippen molar-refractivity contribution < 1.29 is 13.2 Å². The number of anilines is 1. The van der Waals surface area contributed by atoms with Crippen LogP contribution in [0.25, 0.3) is 0 Å². The van der Waals surface area contributed by atoms with E-state index in [-0.39, 0.29) is 16.8 Å². The van der Waals surface area contributed by atoms with Gasteiger partial charge >= 0.3 is 0 Å². The van der Waals surface area contributed by atoms with Crippen molar-refractivity contribution in [1.82, 2.24) is 5.32 Å². The molecule has 1 aliphatic rings. The fraction of sp³-hybridized carbons (Fsp3) is 0.296. The highest BCUT2D eigenvalue weighted by Crippen LogP contribution is 2.27. The summed E-state index contributed by atoms with van der Waals surface area (Å²) in [6.45, 7) is 7.49. The molecule has 0 saturated carbocycles. The predicted molar refractivity (Wildman–Crippen MR) is 132 cm³/mol. The molecule has 0 aromatic heterocycles. The monoisotopic (exact) mass is 462 g/mol. The van der Waals surface area contributed by atoms with E-state index in [4.69, 9.17) is 0 Å². The number of sulfonamides is 1. The van der Waals surface area contributed by atoms with Gasteiger partial charge in [-0.3, -0.25) is 9.52 Å². The lowest BCUT2D eigenvalue weighted by molar-refractivity contribution is 0.0939. The van der Waals surface area contributed by atoms with Crippen LogP contribution in [-0.2, 0) is 22.9 Å². The molecule has 0 saturated heterocycles. The Bertz CT molecular complexity index is 1330. The van der Waals surface area contributed by atoms with Gasteiger partial charge < -0.3 is 5.32 Å². The Kier molecular flexibility index (Phi) is 6.30. The van der Waals surface area contributed by atoms with E-state index < -0.39 is 10.0 Å². The van der Waals surface area contributed by atoms with Crippen molar-refractivity contribution in [3.63, 3.8) is 0 Å². The van der Waals surface area contributed by atoms with Gasteiger partial charge in [-0.2, -0.15) is 0 Å². The van der Waals surface area contributed by atoms with Gasteiger partial charge in [0.25, 0.3) is 15.9 Å². The standard InChI is InChI=1S/C27H30N2O3S/c1-17-7-5-10-25(19(17)3)29-33(31,32)26-16-24(12-11-18(26)2)27(30)28-20(4)22-14-13-21-8-6-9-23(21)15-22/h5,7,10-16,20,29H,6,8-9H2,1-4H3,(H,28,30)/t20-/m0/s1. The van der Waals surface area contributed by atoms with E-state index in [9.17, 15) is 13.2 Å². The van der Waals surface area contributed by atoms with Gasteiger partial charge in [-0.05, 0) is 98.5 Å². The third-order valence-electron chi connectivity index (χ3n) is 6.56. The first kappa shape index (κ1) is 23.1. The van der Waals surface area contributed by atoms with E-state index in [0.29, 0.717) is 16.8 Å². The number of carbonyl (C=O) groups is 1. The summed E-state index contributed by atoms with van der Waals surface area (Å²) in [5, 5.41) is 3.01. The Labute approximate surface area is 196 Å². The number of fused-ring (bicyclic) bond motifs is 1. The minimum absolute atomic E-state index is 0.0984. The van der Waals surface area contributed by atoms with Gasteiger partial charge in [0.1, 0.15) is 0 Å². The van der Waals surface area contributed by atoms with Crippen LogP contribution in [0.4, 0.5) is 5.69 Å². The lowest BCUT2D eigenvalue weighted by atomic mass is 10.0. The normalized spacial score (nSPS) is 13.9. The maximum Gasteiger partial charge on any atom is 0.262 e. The quantitative estimate of drug-likeness (QED) is 0.516. The summed E-state index contributed by atoms with van der Waals surface area (Å²) in [5.41, 5.74) is 7.11. The molecule has 5 nitrogen and oxygen atoms in total. The average molecular weight is 463 g/mol. The van der Waals surface area contributed by atoms with Crippen LogP contribution in [0.2, 0.25) is 0 Å². The van der Waals surface area contributed by atoms with Crippen LogP contribution in [0.3, 0.4) is 0 Å². The molecule has 6 heteroatoms. The van der Waals surface area contributed by atoms with Crippen LogP contribution in [0.5, 0.6) is 0 Å². The highest BCUT2D eigenvalue weighted by Gasteiger charge is 2.21. The molecule has 4 rings (SSSR count). The zero-order chi connectivity index (χ0) is 23.8. The highest BCUT2D eigenvalue weighted by molar-refractivity contribution is 7.92. The first-order chi connectivity index (χ1) is 15.7. The highest BCUT2D eigenvalue weighted by atomic mass is 32.2. The van der Waals surface area contributed by atoms with Gasteiger partial charge in [-0.15, -0.1) is 0 Å². The van der Waals surface area contributed by atoms with Crippen molar-refractivity contribution in [3.05, 3.63) is 93.5 Å². The molecular formula is C27H30N2O3S. The Hall–Kier alpha value is -3.12. The molecule has 3 aromatic rings. The summed E-state index contributed by atoms with van der Waals surface area (Å²) in [6, 6.07) is 16.5. The fourth-order valence-electron chi connectivity index (χ4n) is 4.32. The smallest absolute Gasteiger partial charge is 0.262 e. The van der Waals surface area contributed by atoms with E-state index in [0.717, 1.165) is 29.5 Å². The summed E-state index contributed by atoms with van der Waals surface area (Å²) < 4.78 is 29.0. The van der Waals surface area contributed by atoms with E-state index >= 15 is 0 Å². The lowest BCUT2D eigenvalue weighted by Gasteiger charge is -2.17. The minimum Gasteiger partial charge on any atom is -0.346 e. The van der Waals surface area contributed by atoms with Crippen LogP contribution < -0.4 is 10.0 Å². The third kappa shape index (κ3) is 4.81. The number of benzene rings is 3. The van der Waals surface area contributed by atoms with Crippen molar-refractivity contribution in [3.8, 4) is 0 Å². The maximum atomic E-state index is 13.2. The molecule has 33 heavy (non-hydrogen) atoms. The summed E-state index contributed by atoms with van der Waals surface area (Å²) in [5.74, 6) is -0.300. The van der Waals surface area contributed by atoms with Crippen LogP contribution in [-0.4, -0.2) is 14.3 Å². The average Bonchev–Trinajstić information content (AvgIpc) is 3.25. The fourth-order valence-corrected chi connectivity index (χ4v) is 5.71. The second kappa shape index (κ2) is 9.02. The van der Waals surface area contributed by atoms with Crippen LogP contribution in [0.15, 0.2) is 59.5 Å². The number of hydrogen-bond donors (Lipinski definition) is 2. The van der Waals surface area contributed by atoms with E-state index in [1.165, 1.54) is 23.6 Å². The lowest BCUT2D eigenvalue weighted by Crippen LogP contribution is -2.27. The minimum atomic E-state index is -3.86. The summed E-state index contributed by atoms with van der Waals surface area (Å²) >= 11 is 0. The van der Waals surface area contributed by atoms with Crippen LogP contribution in [0, 0.1) is 20.8 Å². The van der Waals surface area contributed by atoms with Gasteiger partial charge in [0.05, 0.1) is 16.6 Å². The third-order valence-corrected chi connectivity index (χ3v) is 8.07. The predicted octanol–water partition coefficient (Wildman–Crippen LogP) is 5.39. The van der Waals surface area contributed by atoms with Crippen molar-refractivity contribution >= 4 is 21.6 Å². The zero-order valence-electron chi connectivity index (χ0n) is 19.5. The number of amides is 1. The number of rotatable bonds is 6. The van der Waals surface area contributed by atoms with Crippen molar-refractivity contribution in [1.29, 1.82) is 0 Å². The topological polar surface area (TPSA) is 75.3 Å². The van der Waals surface area contributed by atoms with Crippen molar-refractivity contribution in [2.45, 2.75) is 57.9 Å². The molecule has 0 heterocycles. The van der Waals surface area contributed by atoms with Crippen LogP contribution >= 0.6 is 0 Å². The van der Waals surface area contributed by atoms with E-state index in [1.54, 1.807) is 25.1 Å². The molecule has 0 aliphatic heterocycles. The molecule has 0 fully saturated rings. The van der Waals surface area contributed by atoms with Gasteiger partial charge in [-0.25, -0.2) is 8.42 Å². The Morgan fingerprint density at radius 3 is 2.45 bits per heavy atom. The number of nitrogens with one attached hydrogen (secondary N) is 2. The van der Waals surface area contributed by atoms with Crippen LogP contribution in [0.1, 0.15) is 63.1 Å². The molecule has 3 aromatic carbocycles. The molecule has 1 amide bonds. The number of hydrogen-bond acceptors (Lipinski definition) is 3. The maximum absolute atomic E-state index is 13.2. The molecule has 0 spiro atoms. The molecule has 2 N–H and O–H groups in total. The van der Waals surface area contributed by atoms with Crippen molar-refractivity contribution in [2.75, 3.05) is 4.72 Å². The summed E-state index contributed by atoms with van der Waals surface area (Å²) in [6.07, 6.45) is 3.37. The molecule has 0 unspecified atom stereocenters. The van der Waals surface area contributed by atoms with Crippen molar-refractivity contribution in [2.24, 2.45) is 0 Å². The molecule has 0 bridgehead atoms. The first-order valence-corrected chi connectivity index (χ1v) is 12.8.